The molecule has 0 radical (unpaired) electrons. The van der Waals surface area contributed by atoms with Crippen LogP contribution in [0.5, 0.6) is 0 Å². The Bertz CT molecular complexity index is 931. The lowest BCUT2D eigenvalue weighted by atomic mass is 10.1. The molecule has 2 heterocycles. The van der Waals surface area contributed by atoms with Crippen LogP contribution >= 0.6 is 0 Å². The van der Waals surface area contributed by atoms with E-state index < -0.39 is 15.9 Å². The van der Waals surface area contributed by atoms with E-state index in [1.807, 2.05) is 6.07 Å². The fourth-order valence-electron chi connectivity index (χ4n) is 3.23. The van der Waals surface area contributed by atoms with Gasteiger partial charge in [0.05, 0.1) is 29.2 Å². The quantitative estimate of drug-likeness (QED) is 0.753. The Morgan fingerprint density at radius 1 is 1.33 bits per heavy atom. The van der Waals surface area contributed by atoms with Crippen molar-refractivity contribution in [1.82, 2.24) is 9.91 Å². The molecule has 8 nitrogen and oxygen atoms in total. The first-order valence-electron chi connectivity index (χ1n) is 8.63. The summed E-state index contributed by atoms with van der Waals surface area (Å²) in [4.78, 5) is 26.4. The summed E-state index contributed by atoms with van der Waals surface area (Å²) in [5, 5.41) is 14.2. The number of carbonyl (C=O) groups is 2. The van der Waals surface area contributed by atoms with Gasteiger partial charge in [-0.15, -0.1) is 0 Å². The van der Waals surface area contributed by atoms with Crippen LogP contribution in [0.15, 0.2) is 29.4 Å². The van der Waals surface area contributed by atoms with Crippen LogP contribution in [0.25, 0.3) is 0 Å². The van der Waals surface area contributed by atoms with Crippen molar-refractivity contribution in [3.05, 3.63) is 35.4 Å². The predicted octanol–water partition coefficient (Wildman–Crippen LogP) is 0.682. The maximum Gasteiger partial charge on any atom is 0.270 e. The van der Waals surface area contributed by atoms with Gasteiger partial charge in [0.15, 0.2) is 9.84 Å². The van der Waals surface area contributed by atoms with Crippen LogP contribution in [0.4, 0.5) is 0 Å². The number of nitrogens with zero attached hydrogens (tertiary/aromatic N) is 4. The summed E-state index contributed by atoms with van der Waals surface area (Å²) in [5.74, 6) is -0.606. The summed E-state index contributed by atoms with van der Waals surface area (Å²) in [6.45, 7) is 0.343. The normalized spacial score (nSPS) is 21.5. The fraction of sp³-hybridized carbons (Fsp3) is 0.444. The van der Waals surface area contributed by atoms with Crippen LogP contribution in [0, 0.1) is 11.3 Å². The van der Waals surface area contributed by atoms with Crippen molar-refractivity contribution in [3.8, 4) is 6.07 Å². The molecule has 2 aliphatic rings. The van der Waals surface area contributed by atoms with E-state index in [9.17, 15) is 18.0 Å². The molecule has 1 aromatic rings. The summed E-state index contributed by atoms with van der Waals surface area (Å²) >= 11 is 0. The van der Waals surface area contributed by atoms with Crippen molar-refractivity contribution in [2.45, 2.75) is 31.8 Å². The predicted molar refractivity (Wildman–Crippen MR) is 98.2 cm³/mol. The molecule has 1 unspecified atom stereocenters. The maximum atomic E-state index is 12.7. The number of hydrazone groups is 1. The topological polar surface area (TPSA) is 111 Å². The first-order valence-corrected chi connectivity index (χ1v) is 10.5. The standard InChI is InChI=1S/C18H20N4O4S/c1-21(11-14-4-2-13(10-19)3-5-14)18(24)16-6-7-17(23)22(20-16)15-8-9-27(25,26)12-15/h2-5,15H,6-9,11-12H2,1H3. The molecule has 2 amide bonds. The molecule has 0 saturated carbocycles. The van der Waals surface area contributed by atoms with Crippen molar-refractivity contribution in [2.75, 3.05) is 18.6 Å². The first kappa shape index (κ1) is 19.0. The number of carbonyl (C=O) groups excluding carboxylic acids is 2. The molecule has 0 aromatic heterocycles. The minimum Gasteiger partial charge on any atom is -0.336 e. The molecule has 0 spiro atoms. The van der Waals surface area contributed by atoms with E-state index in [-0.39, 0.29) is 41.9 Å². The number of hydrogen-bond acceptors (Lipinski definition) is 6. The molecule has 1 saturated heterocycles. The lowest BCUT2D eigenvalue weighted by Gasteiger charge is -2.29. The minimum atomic E-state index is -3.15. The van der Waals surface area contributed by atoms with E-state index >= 15 is 0 Å². The van der Waals surface area contributed by atoms with Gasteiger partial charge in [-0.3, -0.25) is 9.59 Å². The lowest BCUT2D eigenvalue weighted by molar-refractivity contribution is -0.134. The van der Waals surface area contributed by atoms with Gasteiger partial charge in [0, 0.05) is 26.4 Å². The van der Waals surface area contributed by atoms with Gasteiger partial charge in [-0.25, -0.2) is 13.4 Å². The van der Waals surface area contributed by atoms with Crippen LogP contribution in [0.3, 0.4) is 0 Å². The minimum absolute atomic E-state index is 0.0405. The Labute approximate surface area is 158 Å². The fourth-order valence-corrected chi connectivity index (χ4v) is 4.92. The monoisotopic (exact) mass is 388 g/mol. The smallest absolute Gasteiger partial charge is 0.270 e. The third-order valence-electron chi connectivity index (χ3n) is 4.71. The highest BCUT2D eigenvalue weighted by Crippen LogP contribution is 2.22. The number of nitriles is 1. The summed E-state index contributed by atoms with van der Waals surface area (Å²) in [6, 6.07) is 8.49. The second-order valence-electron chi connectivity index (χ2n) is 6.81. The average Bonchev–Trinajstić information content (AvgIpc) is 3.01. The van der Waals surface area contributed by atoms with Gasteiger partial charge in [-0.2, -0.15) is 10.4 Å². The SMILES string of the molecule is CN(Cc1ccc(C#N)cc1)C(=O)C1=NN(C2CCS(=O)(=O)C2)C(=O)CC1. The lowest BCUT2D eigenvalue weighted by Crippen LogP contribution is -2.44. The van der Waals surface area contributed by atoms with E-state index in [4.69, 9.17) is 5.26 Å². The highest BCUT2D eigenvalue weighted by atomic mass is 32.2. The van der Waals surface area contributed by atoms with Crippen LogP contribution in [0.1, 0.15) is 30.4 Å². The summed E-state index contributed by atoms with van der Waals surface area (Å²) in [5.41, 5.74) is 1.68. The summed E-state index contributed by atoms with van der Waals surface area (Å²) < 4.78 is 23.4. The molecule has 9 heteroatoms. The zero-order chi connectivity index (χ0) is 19.6. The van der Waals surface area contributed by atoms with Crippen LogP contribution < -0.4 is 0 Å². The Balaban J connectivity index is 1.71. The molecule has 0 aliphatic carbocycles. The molecule has 0 N–H and O–H groups in total. The van der Waals surface area contributed by atoms with Crippen LogP contribution in [-0.2, 0) is 26.0 Å². The van der Waals surface area contributed by atoms with Crippen molar-refractivity contribution in [2.24, 2.45) is 5.10 Å². The molecule has 1 aromatic carbocycles. The zero-order valence-corrected chi connectivity index (χ0v) is 15.8. The molecule has 3 rings (SSSR count). The molecule has 0 bridgehead atoms. The van der Waals surface area contributed by atoms with Crippen LogP contribution in [0.2, 0.25) is 0 Å². The summed E-state index contributed by atoms with van der Waals surface area (Å²) in [6.07, 6.45) is 0.733. The van der Waals surface area contributed by atoms with Crippen molar-refractivity contribution < 1.29 is 18.0 Å². The van der Waals surface area contributed by atoms with Crippen molar-refractivity contribution in [3.63, 3.8) is 0 Å². The Kier molecular flexibility index (Phi) is 5.28. The number of amides is 2. The van der Waals surface area contributed by atoms with Gasteiger partial charge in [0.25, 0.3) is 5.91 Å². The largest absolute Gasteiger partial charge is 0.336 e. The number of hydrogen-bond donors (Lipinski definition) is 0. The van der Waals surface area contributed by atoms with E-state index in [0.717, 1.165) is 5.56 Å². The van der Waals surface area contributed by atoms with E-state index in [2.05, 4.69) is 5.10 Å². The average molecular weight is 388 g/mol. The third kappa shape index (κ3) is 4.34. The zero-order valence-electron chi connectivity index (χ0n) is 15.0. The van der Waals surface area contributed by atoms with Crippen LogP contribution in [-0.4, -0.2) is 60.4 Å². The first-order chi connectivity index (χ1) is 12.8. The second-order valence-corrected chi connectivity index (χ2v) is 9.04. The molecular weight excluding hydrogens is 368 g/mol. The number of rotatable bonds is 4. The second kappa shape index (κ2) is 7.48. The van der Waals surface area contributed by atoms with Gasteiger partial charge >= 0.3 is 0 Å². The summed E-state index contributed by atoms with van der Waals surface area (Å²) in [7, 11) is -1.51. The molecular formula is C18H20N4O4S. The molecule has 142 valence electrons. The molecule has 1 atom stereocenters. The van der Waals surface area contributed by atoms with Gasteiger partial charge in [0.1, 0.15) is 5.71 Å². The van der Waals surface area contributed by atoms with Crippen molar-refractivity contribution >= 4 is 27.4 Å². The Morgan fingerprint density at radius 3 is 2.63 bits per heavy atom. The van der Waals surface area contributed by atoms with Gasteiger partial charge in [-0.1, -0.05) is 12.1 Å². The van der Waals surface area contributed by atoms with Gasteiger partial charge in [-0.05, 0) is 24.1 Å². The molecule has 27 heavy (non-hydrogen) atoms. The third-order valence-corrected chi connectivity index (χ3v) is 6.46. The van der Waals surface area contributed by atoms with Gasteiger partial charge in [0.2, 0.25) is 5.91 Å². The van der Waals surface area contributed by atoms with Crippen molar-refractivity contribution in [1.29, 1.82) is 5.26 Å². The van der Waals surface area contributed by atoms with Gasteiger partial charge < -0.3 is 4.90 Å². The Hall–Kier alpha value is -2.73. The molecule has 1 fully saturated rings. The maximum absolute atomic E-state index is 12.7. The Morgan fingerprint density at radius 2 is 2.04 bits per heavy atom. The van der Waals surface area contributed by atoms with E-state index in [1.165, 1.54) is 9.91 Å². The van der Waals surface area contributed by atoms with E-state index in [0.29, 0.717) is 18.5 Å². The number of sulfone groups is 1. The highest BCUT2D eigenvalue weighted by Gasteiger charge is 2.37. The molecule has 2 aliphatic heterocycles. The highest BCUT2D eigenvalue weighted by molar-refractivity contribution is 7.91. The van der Waals surface area contributed by atoms with E-state index in [1.54, 1.807) is 31.3 Å². The number of benzene rings is 1.